The van der Waals surface area contributed by atoms with Gasteiger partial charge in [-0.3, -0.25) is 4.79 Å². The third-order valence-corrected chi connectivity index (χ3v) is 3.40. The fourth-order valence-electron chi connectivity index (χ4n) is 2.25. The first-order chi connectivity index (χ1) is 9.63. The topological polar surface area (TPSA) is 43.3 Å². The van der Waals surface area contributed by atoms with Gasteiger partial charge in [0, 0.05) is 31.9 Å². The van der Waals surface area contributed by atoms with Gasteiger partial charge in [0.25, 0.3) is 5.91 Å². The highest BCUT2D eigenvalue weighted by molar-refractivity contribution is 5.98. The van der Waals surface area contributed by atoms with Gasteiger partial charge in [-0.1, -0.05) is 12.1 Å². The van der Waals surface area contributed by atoms with E-state index in [1.54, 1.807) is 13.2 Å². The van der Waals surface area contributed by atoms with Crippen molar-refractivity contribution < 1.29 is 9.53 Å². The molecule has 1 heterocycles. The Hall–Kier alpha value is -2.23. The van der Waals surface area contributed by atoms with E-state index in [-0.39, 0.29) is 5.91 Å². The summed E-state index contributed by atoms with van der Waals surface area (Å²) in [6.07, 6.45) is 2.81. The Morgan fingerprint density at radius 1 is 1.30 bits per heavy atom. The number of carbonyl (C=O) groups is 1. The molecule has 0 saturated heterocycles. The molecule has 0 fully saturated rings. The highest BCUT2D eigenvalue weighted by atomic mass is 16.5. The number of aromatic nitrogens is 1. The van der Waals surface area contributed by atoms with E-state index in [1.165, 1.54) is 5.69 Å². The van der Waals surface area contributed by atoms with Crippen molar-refractivity contribution in [3.8, 4) is 5.75 Å². The number of hydrogen-bond acceptors (Lipinski definition) is 2. The summed E-state index contributed by atoms with van der Waals surface area (Å²) in [5.74, 6) is 0.524. The van der Waals surface area contributed by atoms with Gasteiger partial charge in [-0.2, -0.15) is 0 Å². The predicted octanol–water partition coefficient (Wildman–Crippen LogP) is 2.31. The number of amides is 1. The highest BCUT2D eigenvalue weighted by Gasteiger charge is 2.14. The highest BCUT2D eigenvalue weighted by Crippen LogP contribution is 2.21. The van der Waals surface area contributed by atoms with Crippen LogP contribution < -0.4 is 10.1 Å². The second-order valence-corrected chi connectivity index (χ2v) is 4.77. The summed E-state index contributed by atoms with van der Waals surface area (Å²) in [5.41, 5.74) is 2.73. The Balaban J connectivity index is 2.00. The molecule has 0 atom stereocenters. The number of aryl methyl sites for hydroxylation is 2. The summed E-state index contributed by atoms with van der Waals surface area (Å²) >= 11 is 0. The van der Waals surface area contributed by atoms with Gasteiger partial charge in [-0.25, -0.2) is 0 Å². The summed E-state index contributed by atoms with van der Waals surface area (Å²) in [4.78, 5) is 12.3. The molecule has 4 heteroatoms. The molecule has 0 spiro atoms. The molecule has 0 radical (unpaired) electrons. The minimum absolute atomic E-state index is 0.0887. The van der Waals surface area contributed by atoms with Crippen LogP contribution in [0.2, 0.25) is 0 Å². The lowest BCUT2D eigenvalue weighted by Crippen LogP contribution is -2.27. The molecule has 0 aliphatic rings. The molecule has 1 aromatic carbocycles. The molecule has 0 saturated carbocycles. The predicted molar refractivity (Wildman–Crippen MR) is 79.2 cm³/mol. The van der Waals surface area contributed by atoms with Crippen LogP contribution in [0.3, 0.4) is 0 Å². The van der Waals surface area contributed by atoms with Crippen LogP contribution in [0.25, 0.3) is 0 Å². The molecule has 106 valence electrons. The number of nitrogens with one attached hydrogen (secondary N) is 1. The summed E-state index contributed by atoms with van der Waals surface area (Å²) in [7, 11) is 3.58. The van der Waals surface area contributed by atoms with Crippen molar-refractivity contribution in [3.63, 3.8) is 0 Å². The van der Waals surface area contributed by atoms with Gasteiger partial charge in [0.2, 0.25) is 0 Å². The van der Waals surface area contributed by atoms with Gasteiger partial charge in [-0.05, 0) is 30.7 Å². The minimum atomic E-state index is -0.0887. The second-order valence-electron chi connectivity index (χ2n) is 4.77. The number of rotatable bonds is 5. The molecular weight excluding hydrogens is 252 g/mol. The summed E-state index contributed by atoms with van der Waals surface area (Å²) in [5, 5.41) is 2.95. The zero-order valence-electron chi connectivity index (χ0n) is 12.1. The van der Waals surface area contributed by atoms with Crippen molar-refractivity contribution in [1.82, 2.24) is 9.88 Å². The zero-order chi connectivity index (χ0) is 14.5. The number of ether oxygens (including phenoxy) is 1. The van der Waals surface area contributed by atoms with E-state index in [0.717, 1.165) is 12.0 Å². The van der Waals surface area contributed by atoms with Gasteiger partial charge in [-0.15, -0.1) is 0 Å². The Kier molecular flexibility index (Phi) is 4.45. The molecule has 1 aromatic heterocycles. The van der Waals surface area contributed by atoms with Crippen molar-refractivity contribution in [2.45, 2.75) is 13.3 Å². The first kappa shape index (κ1) is 14.2. The van der Waals surface area contributed by atoms with Crippen LogP contribution in [0, 0.1) is 6.92 Å². The van der Waals surface area contributed by atoms with Crippen LogP contribution in [0.4, 0.5) is 0 Å². The average Bonchev–Trinajstić information content (AvgIpc) is 2.84. The molecule has 1 N–H and O–H groups in total. The molecule has 0 aliphatic heterocycles. The van der Waals surface area contributed by atoms with Gasteiger partial charge in [0.05, 0.1) is 12.7 Å². The number of hydrogen-bond donors (Lipinski definition) is 1. The molecule has 0 bridgehead atoms. The molecule has 1 amide bonds. The Bertz CT molecular complexity index is 602. The molecule has 2 aromatic rings. The quantitative estimate of drug-likeness (QED) is 0.907. The van der Waals surface area contributed by atoms with Gasteiger partial charge in [0.1, 0.15) is 5.75 Å². The van der Waals surface area contributed by atoms with Crippen LogP contribution in [-0.4, -0.2) is 24.1 Å². The first-order valence-corrected chi connectivity index (χ1v) is 6.65. The van der Waals surface area contributed by atoms with Crippen molar-refractivity contribution >= 4 is 5.91 Å². The lowest BCUT2D eigenvalue weighted by atomic mass is 10.1. The molecule has 4 nitrogen and oxygen atoms in total. The average molecular weight is 272 g/mol. The summed E-state index contributed by atoms with van der Waals surface area (Å²) < 4.78 is 7.31. The van der Waals surface area contributed by atoms with E-state index < -0.39 is 0 Å². The molecule has 20 heavy (non-hydrogen) atoms. The Labute approximate surface area is 119 Å². The van der Waals surface area contributed by atoms with E-state index >= 15 is 0 Å². The fourth-order valence-corrected chi connectivity index (χ4v) is 2.25. The van der Waals surface area contributed by atoms with Crippen LogP contribution >= 0.6 is 0 Å². The van der Waals surface area contributed by atoms with Gasteiger partial charge in [0.15, 0.2) is 0 Å². The smallest absolute Gasteiger partial charge is 0.255 e. The van der Waals surface area contributed by atoms with Crippen molar-refractivity contribution in [2.75, 3.05) is 13.7 Å². The van der Waals surface area contributed by atoms with E-state index in [4.69, 9.17) is 4.74 Å². The monoisotopic (exact) mass is 272 g/mol. The maximum absolute atomic E-state index is 12.3. The van der Waals surface area contributed by atoms with E-state index in [9.17, 15) is 4.79 Å². The van der Waals surface area contributed by atoms with Gasteiger partial charge < -0.3 is 14.6 Å². The van der Waals surface area contributed by atoms with E-state index in [0.29, 0.717) is 17.9 Å². The third kappa shape index (κ3) is 3.02. The fraction of sp³-hybridized carbons (Fsp3) is 0.312. The molecule has 2 rings (SSSR count). The summed E-state index contributed by atoms with van der Waals surface area (Å²) in [6.45, 7) is 2.52. The number of carbonyl (C=O) groups excluding carboxylic acids is 1. The van der Waals surface area contributed by atoms with E-state index in [2.05, 4.69) is 16.0 Å². The summed E-state index contributed by atoms with van der Waals surface area (Å²) in [6, 6.07) is 9.66. The maximum atomic E-state index is 12.3. The van der Waals surface area contributed by atoms with Crippen LogP contribution in [0.5, 0.6) is 5.75 Å². The molecular formula is C16H20N2O2. The lowest BCUT2D eigenvalue weighted by molar-refractivity contribution is 0.0950. The number of benzene rings is 1. The standard InChI is InChI=1S/C16H20N2O2/c1-12-6-4-8-14(20-3)15(12)16(19)17-10-9-13-7-5-11-18(13)2/h4-8,11H,9-10H2,1-3H3,(H,17,19). The lowest BCUT2D eigenvalue weighted by Gasteiger charge is -2.12. The van der Waals surface area contributed by atoms with E-state index in [1.807, 2.05) is 38.4 Å². The largest absolute Gasteiger partial charge is 0.496 e. The van der Waals surface area contributed by atoms with Crippen molar-refractivity contribution in [1.29, 1.82) is 0 Å². The minimum Gasteiger partial charge on any atom is -0.496 e. The van der Waals surface area contributed by atoms with Crippen molar-refractivity contribution in [2.24, 2.45) is 7.05 Å². The van der Waals surface area contributed by atoms with Crippen LogP contribution in [0.15, 0.2) is 36.5 Å². The number of methoxy groups -OCH3 is 1. The Morgan fingerprint density at radius 3 is 2.75 bits per heavy atom. The normalized spacial score (nSPS) is 10.3. The van der Waals surface area contributed by atoms with Gasteiger partial charge >= 0.3 is 0 Å². The van der Waals surface area contributed by atoms with Crippen LogP contribution in [-0.2, 0) is 13.5 Å². The third-order valence-electron chi connectivity index (χ3n) is 3.40. The van der Waals surface area contributed by atoms with Crippen LogP contribution in [0.1, 0.15) is 21.6 Å². The van der Waals surface area contributed by atoms with Crippen molar-refractivity contribution in [3.05, 3.63) is 53.3 Å². The first-order valence-electron chi connectivity index (χ1n) is 6.65. The maximum Gasteiger partial charge on any atom is 0.255 e. The molecule has 0 unspecified atom stereocenters. The molecule has 0 aliphatic carbocycles. The Morgan fingerprint density at radius 2 is 2.10 bits per heavy atom. The zero-order valence-corrected chi connectivity index (χ0v) is 12.1. The SMILES string of the molecule is COc1cccc(C)c1C(=O)NCCc1cccn1C. The number of nitrogens with zero attached hydrogens (tertiary/aromatic N) is 1. The second kappa shape index (κ2) is 6.28.